The largest absolute Gasteiger partial charge is 0.483 e. The van der Waals surface area contributed by atoms with Crippen LogP contribution in [0.15, 0.2) is 0 Å². The van der Waals surface area contributed by atoms with E-state index in [1.165, 1.54) is 51.4 Å². The maximum atomic E-state index is 11.2. The third-order valence-electron chi connectivity index (χ3n) is 3.77. The number of aliphatic hydroxyl groups is 1. The zero-order valence-electron chi connectivity index (χ0n) is 15.1. The summed E-state index contributed by atoms with van der Waals surface area (Å²) in [6.07, 6.45) is 12.4. The lowest BCUT2D eigenvalue weighted by Crippen LogP contribution is -2.10. The fourth-order valence-electron chi connectivity index (χ4n) is 2.52. The van der Waals surface area contributed by atoms with E-state index >= 15 is 0 Å². The zero-order valence-corrected chi connectivity index (χ0v) is 16.9. The summed E-state index contributed by atoms with van der Waals surface area (Å²) in [5, 5.41) is 9.46. The van der Waals surface area contributed by atoms with E-state index in [1.54, 1.807) is 0 Å². The van der Waals surface area contributed by atoms with Crippen LogP contribution in [-0.2, 0) is 18.0 Å². The third-order valence-corrected chi connectivity index (χ3v) is 5.96. The van der Waals surface area contributed by atoms with Gasteiger partial charge in [0.2, 0.25) is 0 Å². The molecular formula is C15H34O8P2. The van der Waals surface area contributed by atoms with Gasteiger partial charge in [0.1, 0.15) is 0 Å². The van der Waals surface area contributed by atoms with E-state index in [1.807, 2.05) is 0 Å². The van der Waals surface area contributed by atoms with Crippen molar-refractivity contribution < 1.29 is 37.8 Å². The van der Waals surface area contributed by atoms with Crippen molar-refractivity contribution in [3.05, 3.63) is 0 Å². The lowest BCUT2D eigenvalue weighted by Gasteiger charge is -2.16. The van der Waals surface area contributed by atoms with Gasteiger partial charge >= 0.3 is 15.6 Å². The summed E-state index contributed by atoms with van der Waals surface area (Å²) in [6.45, 7) is 2.21. The molecule has 10 heteroatoms. The van der Waals surface area contributed by atoms with E-state index in [0.717, 1.165) is 19.3 Å². The first-order valence-electron chi connectivity index (χ1n) is 9.12. The fourth-order valence-corrected chi connectivity index (χ4v) is 4.16. The van der Waals surface area contributed by atoms with Crippen molar-refractivity contribution >= 4 is 15.6 Å². The molecule has 0 heterocycles. The molecule has 0 fully saturated rings. The molecule has 25 heavy (non-hydrogen) atoms. The highest BCUT2D eigenvalue weighted by atomic mass is 31.3. The molecule has 8 nitrogen and oxygen atoms in total. The van der Waals surface area contributed by atoms with Crippen LogP contribution in [-0.4, -0.2) is 26.1 Å². The third kappa shape index (κ3) is 18.8. The Hall–Kier alpha value is 0.220. The van der Waals surface area contributed by atoms with E-state index in [0.29, 0.717) is 6.42 Å². The van der Waals surface area contributed by atoms with E-state index < -0.39 is 21.9 Å². The van der Waals surface area contributed by atoms with Gasteiger partial charge in [-0.05, 0) is 12.8 Å². The summed E-state index contributed by atoms with van der Waals surface area (Å²) < 4.78 is 29.6. The molecule has 4 N–H and O–H groups in total. The van der Waals surface area contributed by atoms with Crippen molar-refractivity contribution in [3.63, 3.8) is 0 Å². The van der Waals surface area contributed by atoms with Gasteiger partial charge in [0.15, 0.2) is 6.29 Å². The summed E-state index contributed by atoms with van der Waals surface area (Å²) >= 11 is 0. The molecule has 0 aliphatic carbocycles. The zero-order chi connectivity index (χ0) is 19.2. The molecule has 2 unspecified atom stereocenters. The van der Waals surface area contributed by atoms with Crippen molar-refractivity contribution in [2.75, 3.05) is 0 Å². The lowest BCUT2D eigenvalue weighted by molar-refractivity contribution is -0.0422. The molecule has 0 aromatic heterocycles. The number of phosphoric acid groups is 2. The molecule has 0 saturated carbocycles. The van der Waals surface area contributed by atoms with Crippen LogP contribution in [0.2, 0.25) is 0 Å². The summed E-state index contributed by atoms with van der Waals surface area (Å²) in [6, 6.07) is 0. The van der Waals surface area contributed by atoms with Crippen LogP contribution in [0.1, 0.15) is 90.4 Å². The smallest absolute Gasteiger partial charge is 0.367 e. The van der Waals surface area contributed by atoms with Gasteiger partial charge < -0.3 is 19.8 Å². The second-order valence-corrected chi connectivity index (χ2v) is 9.06. The van der Waals surface area contributed by atoms with Gasteiger partial charge in [-0.2, -0.15) is 4.31 Å². The van der Waals surface area contributed by atoms with Crippen LogP contribution < -0.4 is 0 Å². The highest BCUT2D eigenvalue weighted by Gasteiger charge is 2.34. The summed E-state index contributed by atoms with van der Waals surface area (Å²) in [4.78, 5) is 26.0. The minimum Gasteiger partial charge on any atom is -0.367 e. The number of aliphatic hydroxyl groups excluding tert-OH is 1. The van der Waals surface area contributed by atoms with Crippen molar-refractivity contribution in [2.45, 2.75) is 96.7 Å². The lowest BCUT2D eigenvalue weighted by atomic mass is 10.0. The Kier molecular flexibility index (Phi) is 14.4. The van der Waals surface area contributed by atoms with Crippen molar-refractivity contribution in [3.8, 4) is 0 Å². The molecule has 2 atom stereocenters. The number of rotatable bonds is 17. The first-order valence-corrected chi connectivity index (χ1v) is 12.1. The molecule has 0 aliphatic heterocycles. The van der Waals surface area contributed by atoms with Gasteiger partial charge in [0.25, 0.3) is 0 Å². The van der Waals surface area contributed by atoms with Gasteiger partial charge in [-0.3, -0.25) is 4.52 Å². The Bertz CT molecular complexity index is 412. The molecule has 0 spiro atoms. The Labute approximate surface area is 150 Å². The molecule has 152 valence electrons. The fraction of sp³-hybridized carbons (Fsp3) is 1.00. The number of unbranched alkanes of at least 4 members (excludes halogenated alkanes) is 11. The van der Waals surface area contributed by atoms with Crippen molar-refractivity contribution in [1.82, 2.24) is 0 Å². The van der Waals surface area contributed by atoms with Crippen LogP contribution in [0.25, 0.3) is 0 Å². The van der Waals surface area contributed by atoms with Crippen LogP contribution >= 0.6 is 15.6 Å². The number of hydrogen-bond acceptors (Lipinski definition) is 5. The van der Waals surface area contributed by atoms with Gasteiger partial charge in [-0.25, -0.2) is 9.13 Å². The molecule has 0 bridgehead atoms. The highest BCUT2D eigenvalue weighted by molar-refractivity contribution is 7.60. The van der Waals surface area contributed by atoms with Crippen LogP contribution in [0.3, 0.4) is 0 Å². The van der Waals surface area contributed by atoms with E-state index in [2.05, 4.69) is 15.8 Å². The van der Waals surface area contributed by atoms with Crippen LogP contribution in [0.5, 0.6) is 0 Å². The first-order chi connectivity index (χ1) is 11.7. The number of phosphoric ester groups is 1. The van der Waals surface area contributed by atoms with Crippen molar-refractivity contribution in [2.24, 2.45) is 0 Å². The summed E-state index contributed by atoms with van der Waals surface area (Å²) in [7, 11) is -10.1. The van der Waals surface area contributed by atoms with Crippen molar-refractivity contribution in [1.29, 1.82) is 0 Å². The predicted molar refractivity (Wildman–Crippen MR) is 95.7 cm³/mol. The van der Waals surface area contributed by atoms with Crippen LogP contribution in [0, 0.1) is 0 Å². The molecule has 0 aromatic carbocycles. The maximum Gasteiger partial charge on any atom is 0.483 e. The molecule has 0 amide bonds. The predicted octanol–water partition coefficient (Wildman–Crippen LogP) is 4.62. The standard InChI is InChI=1S/C15H34O8P2/c1-2-3-4-5-6-7-8-9-10-11-12-13-14-15(16)22-25(20,21)23-24(17,18)19/h15-16H,2-14H2,1H3,(H,20,21)(H2,17,18,19). The normalized spacial score (nSPS) is 15.9. The molecule has 0 saturated heterocycles. The highest BCUT2D eigenvalue weighted by Crippen LogP contribution is 2.58. The quantitative estimate of drug-likeness (QED) is 0.157. The topological polar surface area (TPSA) is 134 Å². The maximum absolute atomic E-state index is 11.2. The Balaban J connectivity index is 3.50. The van der Waals surface area contributed by atoms with Crippen LogP contribution in [0.4, 0.5) is 0 Å². The summed E-state index contributed by atoms with van der Waals surface area (Å²) in [5.74, 6) is 0. The average molecular weight is 404 g/mol. The molecule has 0 aromatic rings. The molecule has 0 aliphatic rings. The Morgan fingerprint density at radius 1 is 0.760 bits per heavy atom. The Morgan fingerprint density at radius 3 is 1.56 bits per heavy atom. The molecule has 0 rings (SSSR count). The van der Waals surface area contributed by atoms with Gasteiger partial charge in [0, 0.05) is 0 Å². The van der Waals surface area contributed by atoms with Gasteiger partial charge in [0.05, 0.1) is 0 Å². The summed E-state index contributed by atoms with van der Waals surface area (Å²) in [5.41, 5.74) is 0. The molecule has 0 radical (unpaired) electrons. The second kappa shape index (κ2) is 14.3. The average Bonchev–Trinajstić information content (AvgIpc) is 2.45. The SMILES string of the molecule is CCCCCCCCCCCCCCC(O)OP(=O)(O)OP(=O)(O)O. The van der Waals surface area contributed by atoms with E-state index in [-0.39, 0.29) is 6.42 Å². The Morgan fingerprint density at radius 2 is 1.16 bits per heavy atom. The minimum absolute atomic E-state index is 0.104. The molecular weight excluding hydrogens is 370 g/mol. The second-order valence-electron chi connectivity index (χ2n) is 6.28. The number of hydrogen-bond donors (Lipinski definition) is 4. The van der Waals surface area contributed by atoms with E-state index in [4.69, 9.17) is 14.7 Å². The van der Waals surface area contributed by atoms with Gasteiger partial charge in [-0.1, -0.05) is 77.6 Å². The van der Waals surface area contributed by atoms with Gasteiger partial charge in [-0.15, -0.1) is 0 Å². The van der Waals surface area contributed by atoms with E-state index in [9.17, 15) is 14.2 Å². The monoisotopic (exact) mass is 404 g/mol. The first kappa shape index (κ1) is 25.2. The minimum atomic E-state index is -5.15.